The second-order valence-corrected chi connectivity index (χ2v) is 2.42. The summed E-state index contributed by atoms with van der Waals surface area (Å²) < 4.78 is 5.06. The molecule has 0 aromatic carbocycles. The smallest absolute Gasteiger partial charge is 0.303 e. The maximum absolute atomic E-state index is 10.1. The van der Waals surface area contributed by atoms with Crippen molar-refractivity contribution in [1.29, 1.82) is 0 Å². The minimum atomic E-state index is -0.729. The normalized spacial score (nSPS) is 10.8. The lowest BCUT2D eigenvalue weighted by Gasteiger charge is -1.93. The molecule has 0 unspecified atom stereocenters. The van der Waals surface area contributed by atoms with E-state index in [4.69, 9.17) is 9.84 Å². The average Bonchev–Trinajstić information content (AvgIpc) is 2.02. The predicted octanol–water partition coefficient (Wildman–Crippen LogP) is 1.83. The summed E-state index contributed by atoms with van der Waals surface area (Å²) >= 11 is 0. The van der Waals surface area contributed by atoms with Crippen molar-refractivity contribution >= 4 is 5.97 Å². The molecule has 70 valence electrons. The third-order valence-electron chi connectivity index (χ3n) is 1.35. The number of carboxylic acid groups (broad SMARTS) is 1. The Hall–Kier alpha value is -0.830. The zero-order valence-corrected chi connectivity index (χ0v) is 7.45. The van der Waals surface area contributed by atoms with Crippen LogP contribution < -0.4 is 0 Å². The van der Waals surface area contributed by atoms with Crippen LogP contribution in [0.15, 0.2) is 12.2 Å². The molecule has 3 nitrogen and oxygen atoms in total. The molecule has 0 saturated carbocycles. The van der Waals surface area contributed by atoms with E-state index in [1.807, 2.05) is 19.1 Å². The summed E-state index contributed by atoms with van der Waals surface area (Å²) in [6.45, 7) is 3.29. The van der Waals surface area contributed by atoms with Crippen molar-refractivity contribution in [3.05, 3.63) is 12.2 Å². The Morgan fingerprint density at radius 2 is 2.25 bits per heavy atom. The van der Waals surface area contributed by atoms with Gasteiger partial charge in [0, 0.05) is 13.0 Å². The molecule has 0 radical (unpaired) electrons. The molecule has 0 amide bonds. The first kappa shape index (κ1) is 11.2. The van der Waals surface area contributed by atoms with Gasteiger partial charge in [-0.2, -0.15) is 0 Å². The van der Waals surface area contributed by atoms with E-state index in [-0.39, 0.29) is 6.42 Å². The van der Waals surface area contributed by atoms with E-state index < -0.39 is 5.97 Å². The van der Waals surface area contributed by atoms with Gasteiger partial charge in [0.25, 0.3) is 0 Å². The number of aliphatic carboxylic acids is 1. The molecule has 0 rings (SSSR count). The van der Waals surface area contributed by atoms with Crippen LogP contribution in [-0.2, 0) is 9.53 Å². The fourth-order valence-electron chi connectivity index (χ4n) is 0.743. The fourth-order valence-corrected chi connectivity index (χ4v) is 0.743. The molecule has 0 aliphatic rings. The molecule has 0 aliphatic heterocycles. The van der Waals surface area contributed by atoms with Crippen molar-refractivity contribution in [2.75, 3.05) is 13.2 Å². The number of carbonyl (C=O) groups is 1. The van der Waals surface area contributed by atoms with Crippen molar-refractivity contribution in [3.8, 4) is 0 Å². The van der Waals surface area contributed by atoms with Crippen LogP contribution in [0.5, 0.6) is 0 Å². The van der Waals surface area contributed by atoms with Gasteiger partial charge in [0.15, 0.2) is 0 Å². The molecular weight excluding hydrogens is 156 g/mol. The second-order valence-electron chi connectivity index (χ2n) is 2.42. The fraction of sp³-hybridized carbons (Fsp3) is 0.667. The Labute approximate surface area is 73.0 Å². The first-order valence-corrected chi connectivity index (χ1v) is 4.22. The van der Waals surface area contributed by atoms with E-state index in [0.717, 1.165) is 13.0 Å². The summed E-state index contributed by atoms with van der Waals surface area (Å²) in [4.78, 5) is 10.1. The highest BCUT2D eigenvalue weighted by Gasteiger charge is 1.92. The van der Waals surface area contributed by atoms with Gasteiger partial charge in [-0.3, -0.25) is 4.79 Å². The molecule has 0 aliphatic carbocycles. The summed E-state index contributed by atoms with van der Waals surface area (Å²) in [5, 5.41) is 8.31. The van der Waals surface area contributed by atoms with E-state index in [2.05, 4.69) is 0 Å². The van der Waals surface area contributed by atoms with Gasteiger partial charge in [0.1, 0.15) is 0 Å². The summed E-state index contributed by atoms with van der Waals surface area (Å²) in [5.74, 6) is -0.729. The van der Waals surface area contributed by atoms with Gasteiger partial charge >= 0.3 is 5.97 Å². The van der Waals surface area contributed by atoms with Gasteiger partial charge in [-0.1, -0.05) is 12.2 Å². The van der Waals surface area contributed by atoms with Crippen LogP contribution >= 0.6 is 0 Å². The van der Waals surface area contributed by atoms with Gasteiger partial charge in [0.05, 0.1) is 6.61 Å². The molecule has 0 aromatic rings. The molecule has 0 heterocycles. The largest absolute Gasteiger partial charge is 0.481 e. The van der Waals surface area contributed by atoms with E-state index in [1.165, 1.54) is 0 Å². The monoisotopic (exact) mass is 172 g/mol. The van der Waals surface area contributed by atoms with Crippen molar-refractivity contribution in [3.63, 3.8) is 0 Å². The number of hydrogen-bond donors (Lipinski definition) is 1. The highest BCUT2D eigenvalue weighted by molar-refractivity contribution is 5.66. The Morgan fingerprint density at radius 3 is 2.83 bits per heavy atom. The lowest BCUT2D eigenvalue weighted by Crippen LogP contribution is -1.92. The minimum Gasteiger partial charge on any atom is -0.481 e. The molecule has 0 spiro atoms. The van der Waals surface area contributed by atoms with E-state index in [9.17, 15) is 4.79 Å². The predicted molar refractivity (Wildman–Crippen MR) is 47.1 cm³/mol. The third-order valence-corrected chi connectivity index (χ3v) is 1.35. The van der Waals surface area contributed by atoms with Gasteiger partial charge < -0.3 is 9.84 Å². The number of ether oxygens (including phenoxy) is 1. The molecular formula is C9H16O3. The van der Waals surface area contributed by atoms with Crippen LogP contribution in [0.2, 0.25) is 0 Å². The lowest BCUT2D eigenvalue weighted by molar-refractivity contribution is -0.137. The SMILES string of the molecule is CCOCC=CCCCC(=O)O. The van der Waals surface area contributed by atoms with E-state index >= 15 is 0 Å². The molecule has 0 atom stereocenters. The highest BCUT2D eigenvalue weighted by Crippen LogP contribution is 1.96. The Bertz CT molecular complexity index is 141. The zero-order chi connectivity index (χ0) is 9.23. The Kier molecular flexibility index (Phi) is 7.70. The molecule has 0 fully saturated rings. The van der Waals surface area contributed by atoms with Crippen LogP contribution in [0.1, 0.15) is 26.2 Å². The van der Waals surface area contributed by atoms with Crippen LogP contribution in [0.25, 0.3) is 0 Å². The molecule has 0 bridgehead atoms. The summed E-state index contributed by atoms with van der Waals surface area (Å²) in [6.07, 6.45) is 5.65. The number of hydrogen-bond acceptors (Lipinski definition) is 2. The van der Waals surface area contributed by atoms with E-state index in [0.29, 0.717) is 13.0 Å². The maximum Gasteiger partial charge on any atom is 0.303 e. The minimum absolute atomic E-state index is 0.249. The van der Waals surface area contributed by atoms with Crippen LogP contribution in [-0.4, -0.2) is 24.3 Å². The maximum atomic E-state index is 10.1. The molecule has 12 heavy (non-hydrogen) atoms. The number of unbranched alkanes of at least 4 members (excludes halogenated alkanes) is 1. The van der Waals surface area contributed by atoms with Gasteiger partial charge in [-0.25, -0.2) is 0 Å². The molecule has 3 heteroatoms. The lowest BCUT2D eigenvalue weighted by atomic mass is 10.2. The topological polar surface area (TPSA) is 46.5 Å². The van der Waals surface area contributed by atoms with Gasteiger partial charge in [0.2, 0.25) is 0 Å². The summed E-state index contributed by atoms with van der Waals surface area (Å²) in [6, 6.07) is 0. The van der Waals surface area contributed by atoms with Gasteiger partial charge in [-0.15, -0.1) is 0 Å². The third kappa shape index (κ3) is 9.17. The van der Waals surface area contributed by atoms with Crippen LogP contribution in [0.4, 0.5) is 0 Å². The molecule has 1 N–H and O–H groups in total. The highest BCUT2D eigenvalue weighted by atomic mass is 16.5. The van der Waals surface area contributed by atoms with Crippen molar-refractivity contribution in [2.24, 2.45) is 0 Å². The molecule has 0 saturated heterocycles. The Balaban J connectivity index is 3.08. The number of allylic oxidation sites excluding steroid dienone is 1. The van der Waals surface area contributed by atoms with Gasteiger partial charge in [-0.05, 0) is 19.8 Å². The van der Waals surface area contributed by atoms with Crippen LogP contribution in [0, 0.1) is 0 Å². The van der Waals surface area contributed by atoms with Crippen molar-refractivity contribution in [2.45, 2.75) is 26.2 Å². The van der Waals surface area contributed by atoms with Crippen molar-refractivity contribution < 1.29 is 14.6 Å². The average molecular weight is 172 g/mol. The first-order valence-electron chi connectivity index (χ1n) is 4.22. The number of carboxylic acids is 1. The summed E-state index contributed by atoms with van der Waals surface area (Å²) in [5.41, 5.74) is 0. The second kappa shape index (κ2) is 8.27. The van der Waals surface area contributed by atoms with Crippen molar-refractivity contribution in [1.82, 2.24) is 0 Å². The quantitative estimate of drug-likeness (QED) is 0.470. The number of rotatable bonds is 7. The molecule has 0 aromatic heterocycles. The first-order chi connectivity index (χ1) is 5.77. The van der Waals surface area contributed by atoms with E-state index in [1.54, 1.807) is 0 Å². The van der Waals surface area contributed by atoms with Crippen LogP contribution in [0.3, 0.4) is 0 Å². The summed E-state index contributed by atoms with van der Waals surface area (Å²) in [7, 11) is 0. The zero-order valence-electron chi connectivity index (χ0n) is 7.45. The standard InChI is InChI=1S/C9H16O3/c1-2-12-8-6-4-3-5-7-9(10)11/h4,6H,2-3,5,7-8H2,1H3,(H,10,11). The Morgan fingerprint density at radius 1 is 1.50 bits per heavy atom.